The standard InChI is InChI=1S/C25H30F2N6O5/c1-4-36-25(34)38-18-7-5-6-17-21(18)30-23(22(26)27)33(17)24-28-19(31-8-10-35-11-9-31)12-20(29-24)32-13-15(2)37-16(3)14-32/h5-7,12,15-16,22H,4,8-11,13-14H2,1-3H3/t15-,16+. The van der Waals surface area contributed by atoms with Crippen molar-refractivity contribution in [2.75, 3.05) is 55.8 Å². The number of ether oxygens (including phenoxy) is 4. The number of hydrogen-bond acceptors (Lipinski definition) is 10. The Morgan fingerprint density at radius 1 is 1.08 bits per heavy atom. The fourth-order valence-corrected chi connectivity index (χ4v) is 4.76. The number of halogens is 2. The van der Waals surface area contributed by atoms with Crippen LogP contribution >= 0.6 is 0 Å². The van der Waals surface area contributed by atoms with Gasteiger partial charge in [0, 0.05) is 32.2 Å². The van der Waals surface area contributed by atoms with E-state index in [9.17, 15) is 13.6 Å². The van der Waals surface area contributed by atoms with E-state index in [-0.39, 0.29) is 41.5 Å². The van der Waals surface area contributed by atoms with E-state index in [4.69, 9.17) is 28.9 Å². The van der Waals surface area contributed by atoms with Gasteiger partial charge in [-0.15, -0.1) is 0 Å². The molecule has 0 saturated carbocycles. The molecule has 0 bridgehead atoms. The molecule has 2 aliphatic rings. The fourth-order valence-electron chi connectivity index (χ4n) is 4.76. The van der Waals surface area contributed by atoms with Crippen LogP contribution in [0.25, 0.3) is 17.0 Å². The van der Waals surface area contributed by atoms with Gasteiger partial charge in [-0.2, -0.15) is 9.97 Å². The van der Waals surface area contributed by atoms with Crippen molar-refractivity contribution in [3.63, 3.8) is 0 Å². The maximum atomic E-state index is 14.4. The quantitative estimate of drug-likeness (QED) is 0.344. The Bertz CT molecular complexity index is 1290. The number of benzene rings is 1. The molecule has 0 aliphatic carbocycles. The van der Waals surface area contributed by atoms with Gasteiger partial charge < -0.3 is 28.7 Å². The lowest BCUT2D eigenvalue weighted by Gasteiger charge is -2.37. The summed E-state index contributed by atoms with van der Waals surface area (Å²) in [5.41, 5.74) is 0.349. The highest BCUT2D eigenvalue weighted by molar-refractivity contribution is 5.86. The largest absolute Gasteiger partial charge is 0.513 e. The minimum Gasteiger partial charge on any atom is -0.434 e. The molecule has 0 unspecified atom stereocenters. The molecule has 13 heteroatoms. The van der Waals surface area contributed by atoms with Crippen molar-refractivity contribution >= 4 is 28.8 Å². The first-order chi connectivity index (χ1) is 18.3. The number of carbonyl (C=O) groups is 1. The summed E-state index contributed by atoms with van der Waals surface area (Å²) < 4.78 is 51.4. The maximum absolute atomic E-state index is 14.4. The van der Waals surface area contributed by atoms with Crippen LogP contribution in [-0.4, -0.2) is 83.9 Å². The van der Waals surface area contributed by atoms with E-state index in [1.165, 1.54) is 10.6 Å². The molecule has 1 aromatic carbocycles. The van der Waals surface area contributed by atoms with Gasteiger partial charge in [0.05, 0.1) is 37.5 Å². The van der Waals surface area contributed by atoms with Crippen LogP contribution in [0.2, 0.25) is 0 Å². The van der Waals surface area contributed by atoms with Crippen LogP contribution in [0.5, 0.6) is 5.75 Å². The lowest BCUT2D eigenvalue weighted by molar-refractivity contribution is -0.00547. The molecule has 204 valence electrons. The molecule has 4 heterocycles. The number of morpholine rings is 2. The number of para-hydroxylation sites is 1. The SMILES string of the molecule is CCOC(=O)Oc1cccc2c1nc(C(F)F)n2-c1nc(N2CCOCC2)cc(N2C[C@@H](C)O[C@@H](C)C2)n1. The Kier molecular flexibility index (Phi) is 7.56. The van der Waals surface area contributed by atoms with Gasteiger partial charge in [-0.05, 0) is 32.9 Å². The summed E-state index contributed by atoms with van der Waals surface area (Å²) >= 11 is 0. The number of fused-ring (bicyclic) bond motifs is 1. The summed E-state index contributed by atoms with van der Waals surface area (Å²) in [6.45, 7) is 9.17. The normalized spacial score (nSPS) is 20.3. The van der Waals surface area contributed by atoms with Crippen LogP contribution in [0.3, 0.4) is 0 Å². The van der Waals surface area contributed by atoms with E-state index >= 15 is 0 Å². The molecule has 38 heavy (non-hydrogen) atoms. The van der Waals surface area contributed by atoms with Gasteiger partial charge in [-0.1, -0.05) is 6.07 Å². The number of alkyl halides is 2. The number of rotatable bonds is 6. The van der Waals surface area contributed by atoms with Gasteiger partial charge in [-0.3, -0.25) is 4.57 Å². The summed E-state index contributed by atoms with van der Waals surface area (Å²) in [5, 5.41) is 0. The predicted octanol–water partition coefficient (Wildman–Crippen LogP) is 3.74. The highest BCUT2D eigenvalue weighted by Crippen LogP contribution is 2.33. The van der Waals surface area contributed by atoms with Crippen LogP contribution in [-0.2, 0) is 14.2 Å². The summed E-state index contributed by atoms with van der Waals surface area (Å²) in [6.07, 6.45) is -3.95. The molecule has 11 nitrogen and oxygen atoms in total. The fraction of sp³-hybridized carbons (Fsp3) is 0.520. The Morgan fingerprint density at radius 2 is 1.76 bits per heavy atom. The summed E-state index contributed by atoms with van der Waals surface area (Å²) in [6, 6.07) is 6.53. The molecular formula is C25H30F2N6O5. The zero-order valence-corrected chi connectivity index (χ0v) is 21.5. The van der Waals surface area contributed by atoms with Gasteiger partial charge in [0.1, 0.15) is 17.2 Å². The first kappa shape index (κ1) is 26.0. The number of imidazole rings is 1. The van der Waals surface area contributed by atoms with Gasteiger partial charge in [-0.25, -0.2) is 18.6 Å². The molecule has 5 rings (SSSR count). The van der Waals surface area contributed by atoms with Gasteiger partial charge in [0.2, 0.25) is 5.95 Å². The number of anilines is 2. The van der Waals surface area contributed by atoms with E-state index in [0.29, 0.717) is 51.0 Å². The second kappa shape index (κ2) is 11.0. The molecule has 2 aromatic heterocycles. The van der Waals surface area contributed by atoms with Crippen molar-refractivity contribution in [2.24, 2.45) is 0 Å². The first-order valence-corrected chi connectivity index (χ1v) is 12.6. The van der Waals surface area contributed by atoms with Gasteiger partial charge in [0.15, 0.2) is 11.6 Å². The molecule has 2 saturated heterocycles. The third-order valence-electron chi connectivity index (χ3n) is 6.29. The maximum Gasteiger partial charge on any atom is 0.513 e. The van der Waals surface area contributed by atoms with E-state index in [1.807, 2.05) is 24.8 Å². The van der Waals surface area contributed by atoms with Crippen LogP contribution < -0.4 is 14.5 Å². The number of nitrogens with zero attached hydrogens (tertiary/aromatic N) is 6. The first-order valence-electron chi connectivity index (χ1n) is 12.6. The van der Waals surface area contributed by atoms with Crippen molar-refractivity contribution in [3.8, 4) is 11.7 Å². The molecule has 0 radical (unpaired) electrons. The number of carbonyl (C=O) groups excluding carboxylic acids is 1. The van der Waals surface area contributed by atoms with Crippen LogP contribution in [0.4, 0.5) is 25.2 Å². The molecule has 3 aromatic rings. The minimum absolute atomic E-state index is 0.00184. The van der Waals surface area contributed by atoms with Crippen molar-refractivity contribution in [1.29, 1.82) is 0 Å². The average Bonchev–Trinajstić information content (AvgIpc) is 3.30. The topological polar surface area (TPSA) is 104 Å². The molecular weight excluding hydrogens is 502 g/mol. The molecule has 2 fully saturated rings. The Morgan fingerprint density at radius 3 is 2.42 bits per heavy atom. The summed E-state index contributed by atoms with van der Waals surface area (Å²) in [7, 11) is 0. The predicted molar refractivity (Wildman–Crippen MR) is 135 cm³/mol. The summed E-state index contributed by atoms with van der Waals surface area (Å²) in [4.78, 5) is 29.7. The van der Waals surface area contributed by atoms with E-state index in [1.54, 1.807) is 19.1 Å². The van der Waals surface area contributed by atoms with Crippen LogP contribution in [0, 0.1) is 0 Å². The zero-order chi connectivity index (χ0) is 26.8. The second-order valence-electron chi connectivity index (χ2n) is 9.16. The molecule has 2 atom stereocenters. The van der Waals surface area contributed by atoms with Crippen molar-refractivity contribution < 1.29 is 32.5 Å². The van der Waals surface area contributed by atoms with E-state index < -0.39 is 18.4 Å². The van der Waals surface area contributed by atoms with E-state index in [0.717, 1.165) is 0 Å². The highest BCUT2D eigenvalue weighted by Gasteiger charge is 2.29. The smallest absolute Gasteiger partial charge is 0.434 e. The Labute approximate surface area is 218 Å². The van der Waals surface area contributed by atoms with Gasteiger partial charge in [0.25, 0.3) is 6.43 Å². The Hall–Kier alpha value is -3.58. The average molecular weight is 533 g/mol. The molecule has 0 amide bonds. The minimum atomic E-state index is -2.94. The van der Waals surface area contributed by atoms with Crippen molar-refractivity contribution in [2.45, 2.75) is 39.4 Å². The third kappa shape index (κ3) is 5.34. The number of aromatic nitrogens is 4. The lowest BCUT2D eigenvalue weighted by Crippen LogP contribution is -2.46. The molecule has 0 spiro atoms. The lowest BCUT2D eigenvalue weighted by atomic mass is 10.2. The van der Waals surface area contributed by atoms with Crippen LogP contribution in [0.1, 0.15) is 33.0 Å². The summed E-state index contributed by atoms with van der Waals surface area (Å²) in [5.74, 6) is 0.679. The van der Waals surface area contributed by atoms with E-state index in [2.05, 4.69) is 9.88 Å². The number of hydrogen-bond donors (Lipinski definition) is 0. The monoisotopic (exact) mass is 532 g/mol. The zero-order valence-electron chi connectivity index (χ0n) is 21.5. The second-order valence-corrected chi connectivity index (χ2v) is 9.16. The van der Waals surface area contributed by atoms with Crippen molar-refractivity contribution in [1.82, 2.24) is 19.5 Å². The molecule has 2 aliphatic heterocycles. The van der Waals surface area contributed by atoms with Crippen LogP contribution in [0.15, 0.2) is 24.3 Å². The van der Waals surface area contributed by atoms with Gasteiger partial charge >= 0.3 is 6.16 Å². The highest BCUT2D eigenvalue weighted by atomic mass is 19.3. The third-order valence-corrected chi connectivity index (χ3v) is 6.29. The molecule has 0 N–H and O–H groups in total. The Balaban J connectivity index is 1.66. The van der Waals surface area contributed by atoms with Crippen molar-refractivity contribution in [3.05, 3.63) is 30.1 Å².